The Balaban J connectivity index is 1.43. The third-order valence-corrected chi connectivity index (χ3v) is 5.54. The molecule has 3 rings (SSSR count). The number of piperazine rings is 1. The van der Waals surface area contributed by atoms with Crippen molar-refractivity contribution in [1.29, 1.82) is 0 Å². The number of hydrogen-bond donors (Lipinski definition) is 1. The van der Waals surface area contributed by atoms with E-state index >= 15 is 0 Å². The van der Waals surface area contributed by atoms with Gasteiger partial charge in [0.15, 0.2) is 6.61 Å². The van der Waals surface area contributed by atoms with Crippen molar-refractivity contribution in [3.8, 4) is 5.75 Å². The molecule has 1 amide bonds. The van der Waals surface area contributed by atoms with Crippen LogP contribution in [0.1, 0.15) is 44.1 Å². The lowest BCUT2D eigenvalue weighted by atomic mass is 10.1. The monoisotopic (exact) mass is 331 g/mol. The van der Waals surface area contributed by atoms with Gasteiger partial charge in [0.2, 0.25) is 0 Å². The molecule has 4 heteroatoms. The molecule has 1 N–H and O–H groups in total. The van der Waals surface area contributed by atoms with E-state index in [0.717, 1.165) is 43.5 Å². The Kier molecular flexibility index (Phi) is 6.13. The number of nitrogens with one attached hydrogen (secondary N) is 1. The number of amides is 1. The van der Waals surface area contributed by atoms with Crippen LogP contribution in [0.3, 0.4) is 0 Å². The molecule has 0 aromatic heterocycles. The van der Waals surface area contributed by atoms with Crippen molar-refractivity contribution in [2.45, 2.75) is 51.5 Å². The van der Waals surface area contributed by atoms with Gasteiger partial charge in [-0.15, -0.1) is 0 Å². The number of aryl methyl sites for hydroxylation is 1. The molecule has 1 heterocycles. The van der Waals surface area contributed by atoms with E-state index in [1.165, 1.54) is 38.5 Å². The molecular weight excluding hydrogens is 300 g/mol. The Morgan fingerprint density at radius 1 is 1.17 bits per heavy atom. The normalized spacial score (nSPS) is 20.6. The minimum absolute atomic E-state index is 0.122. The summed E-state index contributed by atoms with van der Waals surface area (Å²) >= 11 is 0. The highest BCUT2D eigenvalue weighted by Gasteiger charge is 2.29. The maximum atomic E-state index is 12.4. The van der Waals surface area contributed by atoms with Crippen LogP contribution in [-0.4, -0.2) is 49.6 Å². The van der Waals surface area contributed by atoms with Crippen molar-refractivity contribution < 1.29 is 14.4 Å². The fraction of sp³-hybridized carbons (Fsp3) is 0.650. The summed E-state index contributed by atoms with van der Waals surface area (Å²) in [6, 6.07) is 8.71. The molecule has 1 aromatic rings. The molecule has 1 aliphatic heterocycles. The Bertz CT molecular complexity index is 530. The van der Waals surface area contributed by atoms with E-state index in [4.69, 9.17) is 4.74 Å². The van der Waals surface area contributed by atoms with Gasteiger partial charge in [0, 0.05) is 0 Å². The van der Waals surface area contributed by atoms with Gasteiger partial charge in [-0.3, -0.25) is 4.79 Å². The topological polar surface area (TPSA) is 34.0 Å². The Hall–Kier alpha value is -1.55. The smallest absolute Gasteiger partial charge is 0.260 e. The molecular formula is C20H31N2O2+. The van der Waals surface area contributed by atoms with Crippen molar-refractivity contribution in [2.75, 3.05) is 32.8 Å². The number of ether oxygens (including phenoxy) is 1. The highest BCUT2D eigenvalue weighted by atomic mass is 16.5. The van der Waals surface area contributed by atoms with Crippen molar-refractivity contribution in [3.63, 3.8) is 0 Å². The molecule has 0 atom stereocenters. The Morgan fingerprint density at radius 3 is 2.54 bits per heavy atom. The summed E-state index contributed by atoms with van der Waals surface area (Å²) in [7, 11) is 0. The average molecular weight is 331 g/mol. The molecule has 1 saturated heterocycles. The first-order valence-corrected chi connectivity index (χ1v) is 9.54. The lowest BCUT2D eigenvalue weighted by molar-refractivity contribution is -0.929. The highest BCUT2D eigenvalue weighted by Crippen LogP contribution is 2.16. The lowest BCUT2D eigenvalue weighted by Crippen LogP contribution is -3.18. The molecule has 2 fully saturated rings. The van der Waals surface area contributed by atoms with Crippen molar-refractivity contribution in [1.82, 2.24) is 4.90 Å². The second kappa shape index (κ2) is 8.52. The molecule has 0 spiro atoms. The maximum Gasteiger partial charge on any atom is 0.260 e. The Labute approximate surface area is 145 Å². The number of carbonyl (C=O) groups excluding carboxylic acids is 1. The summed E-state index contributed by atoms with van der Waals surface area (Å²) in [5, 5.41) is 0. The Morgan fingerprint density at radius 2 is 1.88 bits per heavy atom. The van der Waals surface area contributed by atoms with E-state index in [-0.39, 0.29) is 12.5 Å². The van der Waals surface area contributed by atoms with Crippen LogP contribution in [0.4, 0.5) is 0 Å². The van der Waals surface area contributed by atoms with E-state index in [0.29, 0.717) is 0 Å². The summed E-state index contributed by atoms with van der Waals surface area (Å²) in [5.74, 6) is 0.905. The highest BCUT2D eigenvalue weighted by molar-refractivity contribution is 5.77. The van der Waals surface area contributed by atoms with Crippen LogP contribution in [0.15, 0.2) is 24.3 Å². The van der Waals surface area contributed by atoms with E-state index in [1.54, 1.807) is 4.90 Å². The van der Waals surface area contributed by atoms with Gasteiger partial charge in [0.25, 0.3) is 5.91 Å². The number of quaternary nitrogens is 1. The van der Waals surface area contributed by atoms with Crippen molar-refractivity contribution in [3.05, 3.63) is 29.8 Å². The van der Waals surface area contributed by atoms with Gasteiger partial charge in [-0.05, 0) is 50.3 Å². The van der Waals surface area contributed by atoms with Gasteiger partial charge in [-0.1, -0.05) is 25.0 Å². The molecule has 0 bridgehead atoms. The van der Waals surface area contributed by atoms with Gasteiger partial charge in [0.05, 0.1) is 32.2 Å². The van der Waals surface area contributed by atoms with Crippen LogP contribution in [0, 0.1) is 6.92 Å². The van der Waals surface area contributed by atoms with Crippen LogP contribution in [0.25, 0.3) is 0 Å². The maximum absolute atomic E-state index is 12.4. The predicted molar refractivity (Wildman–Crippen MR) is 95.4 cm³/mol. The summed E-state index contributed by atoms with van der Waals surface area (Å²) in [6.45, 7) is 6.14. The minimum atomic E-state index is 0.122. The molecule has 2 aliphatic rings. The number of hydrogen-bond acceptors (Lipinski definition) is 2. The quantitative estimate of drug-likeness (QED) is 0.854. The first kappa shape index (κ1) is 17.3. The fourth-order valence-electron chi connectivity index (χ4n) is 4.08. The third kappa shape index (κ3) is 4.73. The number of benzene rings is 1. The van der Waals surface area contributed by atoms with E-state index < -0.39 is 0 Å². The molecule has 132 valence electrons. The van der Waals surface area contributed by atoms with Gasteiger partial charge in [-0.25, -0.2) is 0 Å². The van der Waals surface area contributed by atoms with Gasteiger partial charge < -0.3 is 14.5 Å². The minimum Gasteiger partial charge on any atom is -0.484 e. The van der Waals surface area contributed by atoms with Crippen LogP contribution < -0.4 is 9.64 Å². The van der Waals surface area contributed by atoms with Crippen LogP contribution in [0.5, 0.6) is 5.75 Å². The summed E-state index contributed by atoms with van der Waals surface area (Å²) in [5.41, 5.74) is 1.15. The molecule has 1 aliphatic carbocycles. The number of nitrogens with zero attached hydrogens (tertiary/aromatic N) is 1. The van der Waals surface area contributed by atoms with Crippen LogP contribution >= 0.6 is 0 Å². The van der Waals surface area contributed by atoms with Gasteiger partial charge in [-0.2, -0.15) is 0 Å². The SMILES string of the molecule is Cc1cccc(OCC(=O)N2CC[NH+](C3CCCCCC3)CC2)c1. The van der Waals surface area contributed by atoms with Crippen molar-refractivity contribution >= 4 is 5.91 Å². The first-order chi connectivity index (χ1) is 11.7. The second-order valence-corrected chi connectivity index (χ2v) is 7.33. The van der Waals surface area contributed by atoms with E-state index in [2.05, 4.69) is 0 Å². The van der Waals surface area contributed by atoms with Crippen molar-refractivity contribution in [2.24, 2.45) is 0 Å². The van der Waals surface area contributed by atoms with E-state index in [1.807, 2.05) is 36.1 Å². The predicted octanol–water partition coefficient (Wildman–Crippen LogP) is 1.82. The largest absolute Gasteiger partial charge is 0.484 e. The van der Waals surface area contributed by atoms with E-state index in [9.17, 15) is 4.79 Å². The molecule has 1 saturated carbocycles. The number of rotatable bonds is 4. The fourth-order valence-corrected chi connectivity index (χ4v) is 4.08. The molecule has 0 radical (unpaired) electrons. The zero-order chi connectivity index (χ0) is 16.8. The first-order valence-electron chi connectivity index (χ1n) is 9.54. The second-order valence-electron chi connectivity index (χ2n) is 7.33. The molecule has 0 unspecified atom stereocenters. The van der Waals surface area contributed by atoms with Crippen LogP contribution in [0.2, 0.25) is 0 Å². The molecule has 1 aromatic carbocycles. The standard InChI is InChI=1S/C20H30N2O2/c1-17-7-6-10-19(15-17)24-16-20(23)22-13-11-21(12-14-22)18-8-4-2-3-5-9-18/h6-7,10,15,18H,2-5,8-9,11-14,16H2,1H3/p+1. The van der Waals surface area contributed by atoms with Crippen LogP contribution in [-0.2, 0) is 4.79 Å². The zero-order valence-corrected chi connectivity index (χ0v) is 14.9. The molecule has 24 heavy (non-hydrogen) atoms. The zero-order valence-electron chi connectivity index (χ0n) is 14.9. The summed E-state index contributed by atoms with van der Waals surface area (Å²) in [4.78, 5) is 16.1. The van der Waals surface area contributed by atoms with Gasteiger partial charge in [0.1, 0.15) is 5.75 Å². The third-order valence-electron chi connectivity index (χ3n) is 5.54. The molecule has 4 nitrogen and oxygen atoms in total. The average Bonchev–Trinajstić information content (AvgIpc) is 2.89. The summed E-state index contributed by atoms with van der Waals surface area (Å²) < 4.78 is 5.66. The number of carbonyl (C=O) groups is 1. The lowest BCUT2D eigenvalue weighted by Gasteiger charge is -2.36. The summed E-state index contributed by atoms with van der Waals surface area (Å²) in [6.07, 6.45) is 8.34. The van der Waals surface area contributed by atoms with Gasteiger partial charge >= 0.3 is 0 Å².